The predicted octanol–water partition coefficient (Wildman–Crippen LogP) is 14.1. The number of hydrogen-bond donors (Lipinski definition) is 0. The zero-order chi connectivity index (χ0) is 49.8. The molecule has 0 N–H and O–H groups in total. The molecule has 4 aliphatic heterocycles. The molecule has 0 atom stereocenters. The number of para-hydroxylation sites is 7. The van der Waals surface area contributed by atoms with Crippen molar-refractivity contribution in [1.82, 2.24) is 0 Å². The van der Waals surface area contributed by atoms with E-state index >= 15 is 0 Å². The molecular weight excluding hydrogens is 928 g/mol. The van der Waals surface area contributed by atoms with E-state index in [4.69, 9.17) is 14.2 Å². The van der Waals surface area contributed by atoms with E-state index in [1.807, 2.05) is 60.7 Å². The van der Waals surface area contributed by atoms with Gasteiger partial charge in [0.15, 0.2) is 0 Å². The first kappa shape index (κ1) is 42.6. The molecule has 0 radical (unpaired) electrons. The maximum atomic E-state index is 7.19. The van der Waals surface area contributed by atoms with Gasteiger partial charge in [-0.2, -0.15) is 0 Å². The van der Waals surface area contributed by atoms with Crippen LogP contribution in [0.2, 0.25) is 0 Å². The van der Waals surface area contributed by atoms with Gasteiger partial charge >= 0.3 is 0 Å². The van der Waals surface area contributed by atoms with Crippen LogP contribution in [0.3, 0.4) is 0 Å². The fourth-order valence-electron chi connectivity index (χ4n) is 12.6. The first-order valence-corrected chi connectivity index (χ1v) is 26.0. The van der Waals surface area contributed by atoms with E-state index in [0.717, 1.165) is 118 Å². The number of ether oxygens (including phenoxy) is 3. The molecule has 0 bridgehead atoms. The van der Waals surface area contributed by atoms with Gasteiger partial charge in [-0.3, -0.25) is 0 Å². The fraction of sp³-hybridized carbons (Fsp3) is 0. The van der Waals surface area contributed by atoms with Crippen molar-refractivity contribution in [3.05, 3.63) is 261 Å². The highest BCUT2D eigenvalue weighted by molar-refractivity contribution is 7.03. The molecule has 0 spiro atoms. The minimum atomic E-state index is -0.148. The van der Waals surface area contributed by atoms with Crippen molar-refractivity contribution in [1.29, 1.82) is 0 Å². The van der Waals surface area contributed by atoms with E-state index < -0.39 is 0 Å². The molecule has 0 unspecified atom stereocenters. The molecule has 76 heavy (non-hydrogen) atoms. The Morgan fingerprint density at radius 1 is 0.303 bits per heavy atom. The lowest BCUT2D eigenvalue weighted by atomic mass is 9.30. The number of fused-ring (bicyclic) bond motifs is 12. The van der Waals surface area contributed by atoms with Gasteiger partial charge in [0.25, 0.3) is 13.4 Å². The summed E-state index contributed by atoms with van der Waals surface area (Å²) in [5.74, 6) is 4.85. The fourth-order valence-corrected chi connectivity index (χ4v) is 12.6. The second-order valence-electron chi connectivity index (χ2n) is 19.9. The van der Waals surface area contributed by atoms with Gasteiger partial charge in [-0.05, 0) is 171 Å². The van der Waals surface area contributed by atoms with Crippen LogP contribution in [0.1, 0.15) is 0 Å². The molecular formula is C68H43B2N3O3. The molecule has 0 aliphatic carbocycles. The van der Waals surface area contributed by atoms with E-state index in [1.54, 1.807) is 0 Å². The summed E-state index contributed by atoms with van der Waals surface area (Å²) in [6.07, 6.45) is 0. The van der Waals surface area contributed by atoms with Crippen molar-refractivity contribution >= 4 is 119 Å². The molecule has 16 rings (SSSR count). The summed E-state index contributed by atoms with van der Waals surface area (Å²) >= 11 is 0. The largest absolute Gasteiger partial charge is 0.458 e. The summed E-state index contributed by atoms with van der Waals surface area (Å²) in [7, 11) is 0. The maximum Gasteiger partial charge on any atom is 0.256 e. The van der Waals surface area contributed by atoms with Crippen molar-refractivity contribution in [3.8, 4) is 34.5 Å². The van der Waals surface area contributed by atoms with Crippen molar-refractivity contribution in [2.45, 2.75) is 0 Å². The Bertz CT molecular complexity index is 4300. The number of rotatable bonds is 7. The van der Waals surface area contributed by atoms with Crippen LogP contribution in [0, 0.1) is 0 Å². The summed E-state index contributed by atoms with van der Waals surface area (Å²) in [5, 5.41) is 4.29. The van der Waals surface area contributed by atoms with Crippen LogP contribution in [0.5, 0.6) is 34.5 Å². The normalized spacial score (nSPS) is 13.2. The lowest BCUT2D eigenvalue weighted by Gasteiger charge is -2.46. The highest BCUT2D eigenvalue weighted by Gasteiger charge is 2.48. The minimum absolute atomic E-state index is 0.133. The Morgan fingerprint density at radius 2 is 0.763 bits per heavy atom. The zero-order valence-corrected chi connectivity index (χ0v) is 41.0. The van der Waals surface area contributed by atoms with Gasteiger partial charge in [-0.15, -0.1) is 0 Å². The minimum Gasteiger partial charge on any atom is -0.458 e. The molecule has 8 heteroatoms. The molecule has 0 aromatic heterocycles. The summed E-state index contributed by atoms with van der Waals surface area (Å²) in [5.41, 5.74) is 17.2. The van der Waals surface area contributed by atoms with Crippen molar-refractivity contribution < 1.29 is 14.2 Å². The molecule has 0 saturated carbocycles. The molecule has 12 aromatic carbocycles. The third-order valence-corrected chi connectivity index (χ3v) is 15.7. The molecule has 4 heterocycles. The Labute approximate surface area is 441 Å². The lowest BCUT2D eigenvalue weighted by molar-refractivity contribution is 0.482. The van der Waals surface area contributed by atoms with Crippen LogP contribution in [0.25, 0.3) is 21.5 Å². The third kappa shape index (κ3) is 6.50. The zero-order valence-electron chi connectivity index (χ0n) is 41.0. The number of benzene rings is 12. The van der Waals surface area contributed by atoms with Crippen LogP contribution >= 0.6 is 0 Å². The first-order valence-electron chi connectivity index (χ1n) is 26.0. The number of hydrogen-bond acceptors (Lipinski definition) is 6. The molecule has 354 valence electrons. The molecule has 0 saturated heterocycles. The van der Waals surface area contributed by atoms with Crippen LogP contribution in [-0.4, -0.2) is 13.4 Å². The molecule has 0 fully saturated rings. The number of nitrogens with zero attached hydrogens (tertiary/aromatic N) is 3. The van der Waals surface area contributed by atoms with E-state index in [2.05, 4.69) is 215 Å². The van der Waals surface area contributed by atoms with E-state index in [-0.39, 0.29) is 13.4 Å². The molecule has 0 amide bonds. The highest BCUT2D eigenvalue weighted by Crippen LogP contribution is 2.51. The summed E-state index contributed by atoms with van der Waals surface area (Å²) in [4.78, 5) is 7.48. The topological polar surface area (TPSA) is 37.4 Å². The average Bonchev–Trinajstić information content (AvgIpc) is 3.49. The van der Waals surface area contributed by atoms with Gasteiger partial charge in [-0.25, -0.2) is 0 Å². The van der Waals surface area contributed by atoms with Crippen molar-refractivity contribution in [2.75, 3.05) is 14.7 Å². The Morgan fingerprint density at radius 3 is 1.36 bits per heavy atom. The Kier molecular flexibility index (Phi) is 9.42. The van der Waals surface area contributed by atoms with Crippen LogP contribution < -0.4 is 61.7 Å². The van der Waals surface area contributed by atoms with E-state index in [9.17, 15) is 0 Å². The summed E-state index contributed by atoms with van der Waals surface area (Å²) < 4.78 is 20.3. The molecule has 6 nitrogen and oxygen atoms in total. The molecule has 4 aliphatic rings. The van der Waals surface area contributed by atoms with Crippen molar-refractivity contribution in [2.24, 2.45) is 0 Å². The van der Waals surface area contributed by atoms with Crippen LogP contribution in [-0.2, 0) is 0 Å². The van der Waals surface area contributed by atoms with E-state index in [0.29, 0.717) is 0 Å². The third-order valence-electron chi connectivity index (χ3n) is 15.7. The predicted molar refractivity (Wildman–Crippen MR) is 314 cm³/mol. The Balaban J connectivity index is 1.00. The second-order valence-corrected chi connectivity index (χ2v) is 19.9. The van der Waals surface area contributed by atoms with Gasteiger partial charge in [0.2, 0.25) is 0 Å². The Hall–Kier alpha value is -9.91. The summed E-state index contributed by atoms with van der Waals surface area (Å²) in [6.45, 7) is -0.281. The van der Waals surface area contributed by atoms with E-state index in [1.165, 1.54) is 21.9 Å². The summed E-state index contributed by atoms with van der Waals surface area (Å²) in [6, 6.07) is 93.0. The maximum absolute atomic E-state index is 7.19. The van der Waals surface area contributed by atoms with Gasteiger partial charge < -0.3 is 28.9 Å². The van der Waals surface area contributed by atoms with Crippen molar-refractivity contribution in [3.63, 3.8) is 0 Å². The van der Waals surface area contributed by atoms with Gasteiger partial charge in [0.1, 0.15) is 34.5 Å². The SMILES string of the molecule is c1ccc(Oc2ccc3c4c5c(cc3c2)N(c2ccccc2)c2cc3c(cc2B5c2ccccc2O4)B2c4ccccc4N(c4ccccc4)c4c2c(cc2cc(Oc5ccccc5)ccc42)N3c2ccccc2)cc1. The van der Waals surface area contributed by atoms with Gasteiger partial charge in [0, 0.05) is 56.3 Å². The van der Waals surface area contributed by atoms with Gasteiger partial charge in [0.05, 0.1) is 5.69 Å². The smallest absolute Gasteiger partial charge is 0.256 e. The first-order chi connectivity index (χ1) is 37.7. The van der Waals surface area contributed by atoms with Gasteiger partial charge in [-0.1, -0.05) is 133 Å². The quantitative estimate of drug-likeness (QED) is 0.148. The lowest BCUT2D eigenvalue weighted by Crippen LogP contribution is -2.64. The van der Waals surface area contributed by atoms with Crippen LogP contribution in [0.4, 0.5) is 51.2 Å². The second kappa shape index (κ2) is 16.8. The van der Waals surface area contributed by atoms with Crippen LogP contribution in [0.15, 0.2) is 261 Å². The molecule has 12 aromatic rings. The highest BCUT2D eigenvalue weighted by atomic mass is 16.5. The number of anilines is 9. The standard InChI is InChI=1S/C68H43B2N3O3/c1-6-20-46(21-7-1)71-60-43-61-58(70-56-31-17-19-33-64(56)76-68-54-37-35-52(75-50-28-14-5-15-29-50)39-45(54)41-63(66(68)70)72(61)47-22-8-2-9-23-47)42-57(60)69-55-30-16-18-32-59(55)73(48-24-10-3-11-25-48)67-53-36-34-51(74-49-26-12-4-13-27-49)38-44(53)40-62(71)65(67)69/h1-43H. The monoisotopic (exact) mass is 971 g/mol. The average molecular weight is 972 g/mol.